The van der Waals surface area contributed by atoms with E-state index in [-0.39, 0.29) is 0 Å². The molecule has 0 amide bonds. The van der Waals surface area contributed by atoms with E-state index in [1.54, 1.807) is 0 Å². The van der Waals surface area contributed by atoms with Crippen molar-refractivity contribution in [2.75, 3.05) is 5.33 Å². The van der Waals surface area contributed by atoms with Gasteiger partial charge in [-0.1, -0.05) is 46.8 Å². The van der Waals surface area contributed by atoms with Crippen molar-refractivity contribution in [3.8, 4) is 0 Å². The third kappa shape index (κ3) is 1.71. The molecule has 51 valence electrons. The van der Waals surface area contributed by atoms with Gasteiger partial charge in [-0.2, -0.15) is 0 Å². The van der Waals surface area contributed by atoms with Crippen LogP contribution in [0, 0.1) is 6.07 Å². The van der Waals surface area contributed by atoms with Gasteiger partial charge in [0.2, 0.25) is 0 Å². The first-order chi connectivity index (χ1) is 4.84. The molecule has 0 bridgehead atoms. The molecule has 0 saturated heterocycles. The molecular formula is C9H8Br. The fourth-order valence-corrected chi connectivity index (χ4v) is 1.02. The first-order valence-electron chi connectivity index (χ1n) is 3.05. The lowest BCUT2D eigenvalue weighted by atomic mass is 10.1. The third-order valence-electron chi connectivity index (χ3n) is 1.29. The van der Waals surface area contributed by atoms with Crippen molar-refractivity contribution in [2.45, 2.75) is 0 Å². The second-order valence-corrected chi connectivity index (χ2v) is 2.59. The fourth-order valence-electron chi connectivity index (χ4n) is 0.700. The van der Waals surface area contributed by atoms with E-state index in [2.05, 4.69) is 28.6 Å². The van der Waals surface area contributed by atoms with Crippen molar-refractivity contribution >= 4 is 21.5 Å². The molecule has 0 fully saturated rings. The van der Waals surface area contributed by atoms with E-state index in [4.69, 9.17) is 0 Å². The molecule has 1 radical (unpaired) electrons. The maximum atomic E-state index is 3.88. The van der Waals surface area contributed by atoms with Crippen LogP contribution in [0.15, 0.2) is 30.8 Å². The fraction of sp³-hybridized carbons (Fsp3) is 0.111. The highest BCUT2D eigenvalue weighted by molar-refractivity contribution is 9.09. The van der Waals surface area contributed by atoms with Crippen LogP contribution < -0.4 is 0 Å². The minimum atomic E-state index is 0.830. The summed E-state index contributed by atoms with van der Waals surface area (Å²) in [5, 5.41) is 0.830. The van der Waals surface area contributed by atoms with Gasteiger partial charge in [-0.05, 0) is 17.2 Å². The van der Waals surface area contributed by atoms with Crippen LogP contribution in [0.3, 0.4) is 0 Å². The molecule has 1 rings (SSSR count). The van der Waals surface area contributed by atoms with E-state index in [1.165, 1.54) is 5.56 Å². The number of halogens is 1. The molecule has 0 spiro atoms. The van der Waals surface area contributed by atoms with Gasteiger partial charge < -0.3 is 0 Å². The molecule has 0 aliphatic rings. The van der Waals surface area contributed by atoms with Crippen molar-refractivity contribution in [3.05, 3.63) is 42.5 Å². The summed E-state index contributed by atoms with van der Waals surface area (Å²) in [6, 6.07) is 10.7. The number of benzene rings is 1. The molecule has 0 unspecified atom stereocenters. The Balaban J connectivity index is 2.85. The summed E-state index contributed by atoms with van der Waals surface area (Å²) in [5.74, 6) is 0. The second-order valence-electron chi connectivity index (χ2n) is 2.03. The zero-order valence-electron chi connectivity index (χ0n) is 5.60. The Bertz CT molecular complexity index is 213. The van der Waals surface area contributed by atoms with Crippen molar-refractivity contribution in [1.82, 2.24) is 0 Å². The van der Waals surface area contributed by atoms with Crippen LogP contribution in [0.25, 0.3) is 5.57 Å². The summed E-state index contributed by atoms with van der Waals surface area (Å²) in [6.45, 7) is 3.88. The molecule has 10 heavy (non-hydrogen) atoms. The van der Waals surface area contributed by atoms with Crippen LogP contribution in [0.5, 0.6) is 0 Å². The standard InChI is InChI=1S/C9H8Br/c1-8(7-10)9-5-3-2-4-6-9/h3-6H,1,7H2. The van der Waals surface area contributed by atoms with Crippen molar-refractivity contribution in [1.29, 1.82) is 0 Å². The number of alkyl halides is 1. The molecule has 0 atom stereocenters. The molecule has 1 aromatic rings. The smallest absolute Gasteiger partial charge is 0.0283 e. The van der Waals surface area contributed by atoms with Crippen molar-refractivity contribution in [2.24, 2.45) is 0 Å². The maximum Gasteiger partial charge on any atom is 0.0283 e. The summed E-state index contributed by atoms with van der Waals surface area (Å²) in [7, 11) is 0. The first-order valence-corrected chi connectivity index (χ1v) is 4.17. The minimum Gasteiger partial charge on any atom is -0.0944 e. The SMILES string of the molecule is C=C(CBr)c1cc[c]cc1. The van der Waals surface area contributed by atoms with Crippen LogP contribution in [0.4, 0.5) is 0 Å². The van der Waals surface area contributed by atoms with E-state index < -0.39 is 0 Å². The van der Waals surface area contributed by atoms with E-state index >= 15 is 0 Å². The minimum absolute atomic E-state index is 0.830. The van der Waals surface area contributed by atoms with E-state index in [9.17, 15) is 0 Å². The third-order valence-corrected chi connectivity index (χ3v) is 1.96. The largest absolute Gasteiger partial charge is 0.0944 e. The monoisotopic (exact) mass is 195 g/mol. The van der Waals surface area contributed by atoms with Gasteiger partial charge in [-0.3, -0.25) is 0 Å². The van der Waals surface area contributed by atoms with Gasteiger partial charge in [0.05, 0.1) is 0 Å². The average Bonchev–Trinajstić information content (AvgIpc) is 2.05. The highest BCUT2D eigenvalue weighted by atomic mass is 79.9. The number of rotatable bonds is 2. The maximum absolute atomic E-state index is 3.88. The van der Waals surface area contributed by atoms with E-state index in [1.807, 2.05) is 24.3 Å². The first kappa shape index (κ1) is 7.55. The zero-order valence-corrected chi connectivity index (χ0v) is 7.19. The Morgan fingerprint density at radius 1 is 1.50 bits per heavy atom. The predicted octanol–water partition coefficient (Wildman–Crippen LogP) is 2.89. The molecule has 1 aromatic carbocycles. The lowest BCUT2D eigenvalue weighted by Gasteiger charge is -1.98. The molecule has 0 nitrogen and oxygen atoms in total. The van der Waals surface area contributed by atoms with Gasteiger partial charge in [0.25, 0.3) is 0 Å². The zero-order chi connectivity index (χ0) is 7.40. The van der Waals surface area contributed by atoms with Gasteiger partial charge in [0.15, 0.2) is 0 Å². The summed E-state index contributed by atoms with van der Waals surface area (Å²) in [5.41, 5.74) is 2.28. The van der Waals surface area contributed by atoms with E-state index in [0.29, 0.717) is 0 Å². The Kier molecular flexibility index (Phi) is 2.69. The van der Waals surface area contributed by atoms with Crippen LogP contribution in [-0.4, -0.2) is 5.33 Å². The second kappa shape index (κ2) is 3.57. The molecule has 1 heteroatoms. The highest BCUT2D eigenvalue weighted by Gasteiger charge is 1.92. The molecule has 0 aliphatic carbocycles. The summed E-state index contributed by atoms with van der Waals surface area (Å²) >= 11 is 3.34. The Labute approximate surface area is 69.7 Å². The topological polar surface area (TPSA) is 0 Å². The van der Waals surface area contributed by atoms with Gasteiger partial charge in [0, 0.05) is 5.33 Å². The van der Waals surface area contributed by atoms with Crippen molar-refractivity contribution in [3.63, 3.8) is 0 Å². The quantitative estimate of drug-likeness (QED) is 0.638. The summed E-state index contributed by atoms with van der Waals surface area (Å²) in [4.78, 5) is 0. The molecular weight excluding hydrogens is 188 g/mol. The van der Waals surface area contributed by atoms with Crippen LogP contribution in [0.2, 0.25) is 0 Å². The van der Waals surface area contributed by atoms with Crippen LogP contribution in [-0.2, 0) is 0 Å². The molecule has 0 aliphatic heterocycles. The predicted molar refractivity (Wildman–Crippen MR) is 48.1 cm³/mol. The van der Waals surface area contributed by atoms with Crippen LogP contribution in [0.1, 0.15) is 5.56 Å². The lowest BCUT2D eigenvalue weighted by Crippen LogP contribution is -1.80. The van der Waals surface area contributed by atoms with Gasteiger partial charge in [-0.15, -0.1) is 0 Å². The van der Waals surface area contributed by atoms with Gasteiger partial charge in [0.1, 0.15) is 0 Å². The Morgan fingerprint density at radius 3 is 2.60 bits per heavy atom. The molecule has 0 saturated carbocycles. The normalized spacial score (nSPS) is 9.30. The highest BCUT2D eigenvalue weighted by Crippen LogP contribution is 2.12. The van der Waals surface area contributed by atoms with Gasteiger partial charge >= 0.3 is 0 Å². The Morgan fingerprint density at radius 2 is 2.10 bits per heavy atom. The Hall–Kier alpha value is -0.560. The van der Waals surface area contributed by atoms with Crippen LogP contribution >= 0.6 is 15.9 Å². The number of hydrogen-bond acceptors (Lipinski definition) is 0. The van der Waals surface area contributed by atoms with Gasteiger partial charge in [-0.25, -0.2) is 0 Å². The lowest BCUT2D eigenvalue weighted by molar-refractivity contribution is 1.59. The van der Waals surface area contributed by atoms with Crippen molar-refractivity contribution < 1.29 is 0 Å². The summed E-state index contributed by atoms with van der Waals surface area (Å²) in [6.07, 6.45) is 0. The summed E-state index contributed by atoms with van der Waals surface area (Å²) < 4.78 is 0. The molecule has 0 aromatic heterocycles. The average molecular weight is 196 g/mol. The number of allylic oxidation sites excluding steroid dienone is 1. The van der Waals surface area contributed by atoms with E-state index in [0.717, 1.165) is 10.9 Å². The molecule has 0 N–H and O–H groups in total. The molecule has 0 heterocycles. The number of hydrogen-bond donors (Lipinski definition) is 0.